The van der Waals surface area contributed by atoms with Crippen molar-refractivity contribution >= 4 is 56.9 Å². The minimum absolute atomic E-state index is 0.691. The van der Waals surface area contributed by atoms with E-state index in [2.05, 4.69) is 21.9 Å². The fourth-order valence-electron chi connectivity index (χ4n) is 3.71. The van der Waals surface area contributed by atoms with E-state index in [1.165, 1.54) is 0 Å². The van der Waals surface area contributed by atoms with E-state index in [4.69, 9.17) is 33.2 Å². The third-order valence-corrected chi connectivity index (χ3v) is 6.73. The molecule has 0 saturated carbocycles. The summed E-state index contributed by atoms with van der Waals surface area (Å²) in [5.74, 6) is 1.66. The van der Waals surface area contributed by atoms with Gasteiger partial charge in [0.2, 0.25) is 0 Å². The van der Waals surface area contributed by atoms with Crippen LogP contribution in [0, 0.1) is 0 Å². The first-order chi connectivity index (χ1) is 14.2. The lowest BCUT2D eigenvalue weighted by Crippen LogP contribution is -2.47. The minimum atomic E-state index is 0.691. The molecular formula is C22H18Cl2N4S. The quantitative estimate of drug-likeness (QED) is 0.391. The van der Waals surface area contributed by atoms with Crippen molar-refractivity contribution in [3.8, 4) is 10.7 Å². The summed E-state index contributed by atoms with van der Waals surface area (Å²) >= 11 is 14.1. The molecule has 1 aliphatic heterocycles. The zero-order chi connectivity index (χ0) is 19.8. The van der Waals surface area contributed by atoms with Crippen molar-refractivity contribution in [3.05, 3.63) is 70.0 Å². The van der Waals surface area contributed by atoms with E-state index in [-0.39, 0.29) is 0 Å². The minimum Gasteiger partial charge on any atom is -0.368 e. The number of fused-ring (bicyclic) bond motifs is 1. The summed E-state index contributed by atoms with van der Waals surface area (Å²) in [4.78, 5) is 15.3. The van der Waals surface area contributed by atoms with E-state index in [0.29, 0.717) is 10.8 Å². The third kappa shape index (κ3) is 3.66. The van der Waals surface area contributed by atoms with E-state index in [1.54, 1.807) is 11.3 Å². The Hall–Kier alpha value is -2.34. The molecule has 1 fully saturated rings. The third-order valence-electron chi connectivity index (χ3n) is 5.16. The van der Waals surface area contributed by atoms with Crippen LogP contribution in [0.25, 0.3) is 21.6 Å². The fourth-order valence-corrected chi connectivity index (χ4v) is 4.96. The van der Waals surface area contributed by atoms with Crippen molar-refractivity contribution in [2.24, 2.45) is 0 Å². The van der Waals surface area contributed by atoms with Gasteiger partial charge in [-0.1, -0.05) is 41.4 Å². The number of hydrogen-bond donors (Lipinski definition) is 0. The summed E-state index contributed by atoms with van der Waals surface area (Å²) in [6, 6.07) is 18.1. The second-order valence-electron chi connectivity index (χ2n) is 6.94. The molecule has 146 valence electrons. The number of para-hydroxylation sites is 1. The maximum absolute atomic E-state index is 6.36. The molecule has 4 nitrogen and oxygen atoms in total. The second kappa shape index (κ2) is 7.82. The average Bonchev–Trinajstić information content (AvgIpc) is 3.19. The molecule has 5 rings (SSSR count). The number of anilines is 2. The van der Waals surface area contributed by atoms with Gasteiger partial charge in [-0.25, -0.2) is 9.97 Å². The number of halogens is 2. The molecule has 29 heavy (non-hydrogen) atoms. The average molecular weight is 441 g/mol. The van der Waals surface area contributed by atoms with Crippen LogP contribution < -0.4 is 9.80 Å². The molecule has 3 heterocycles. The monoisotopic (exact) mass is 440 g/mol. The maximum atomic E-state index is 6.36. The van der Waals surface area contributed by atoms with E-state index < -0.39 is 0 Å². The van der Waals surface area contributed by atoms with Crippen molar-refractivity contribution in [2.45, 2.75) is 0 Å². The summed E-state index contributed by atoms with van der Waals surface area (Å²) in [5.41, 5.74) is 2.10. The van der Waals surface area contributed by atoms with Crippen LogP contribution in [0.4, 0.5) is 11.5 Å². The van der Waals surface area contributed by atoms with Gasteiger partial charge >= 0.3 is 0 Å². The molecule has 1 aliphatic rings. The molecule has 7 heteroatoms. The van der Waals surface area contributed by atoms with Crippen LogP contribution >= 0.6 is 34.5 Å². The smallest absolute Gasteiger partial charge is 0.173 e. The van der Waals surface area contributed by atoms with Crippen LogP contribution in [0.15, 0.2) is 60.0 Å². The zero-order valence-electron chi connectivity index (χ0n) is 15.6. The summed E-state index contributed by atoms with van der Waals surface area (Å²) in [7, 11) is 0. The topological polar surface area (TPSA) is 32.3 Å². The Bertz CT molecular complexity index is 1170. The number of benzene rings is 2. The van der Waals surface area contributed by atoms with Gasteiger partial charge in [0.25, 0.3) is 0 Å². The first kappa shape index (κ1) is 18.7. The molecule has 2 aromatic carbocycles. The Balaban J connectivity index is 1.48. The normalized spacial score (nSPS) is 14.6. The first-order valence-electron chi connectivity index (χ1n) is 9.45. The highest BCUT2D eigenvalue weighted by Gasteiger charge is 2.22. The van der Waals surface area contributed by atoms with Crippen LogP contribution in [0.5, 0.6) is 0 Å². The number of aromatic nitrogens is 2. The Morgan fingerprint density at radius 3 is 2.38 bits per heavy atom. The van der Waals surface area contributed by atoms with Gasteiger partial charge in [0.1, 0.15) is 5.82 Å². The Morgan fingerprint density at radius 1 is 0.828 bits per heavy atom. The maximum Gasteiger partial charge on any atom is 0.173 e. The van der Waals surface area contributed by atoms with Gasteiger partial charge in [-0.2, -0.15) is 0 Å². The molecule has 0 N–H and O–H groups in total. The first-order valence-corrected chi connectivity index (χ1v) is 11.1. The molecule has 0 bridgehead atoms. The number of hydrogen-bond acceptors (Lipinski definition) is 5. The SMILES string of the molecule is Clc1cccc(N2CCN(c3nc(-c4sccc4Cl)nc4ccccc34)CC2)c1. The Labute approximate surface area is 183 Å². The number of nitrogens with zero attached hydrogens (tertiary/aromatic N) is 4. The standard InChI is InChI=1S/C22H18Cl2N4S/c23-15-4-3-5-16(14-15)27-9-11-28(12-10-27)22-17-6-1-2-7-19(17)25-21(26-22)20-18(24)8-13-29-20/h1-8,13-14H,9-12H2. The lowest BCUT2D eigenvalue weighted by Gasteiger charge is -2.37. The van der Waals surface area contributed by atoms with Crippen molar-refractivity contribution < 1.29 is 0 Å². The second-order valence-corrected chi connectivity index (χ2v) is 8.70. The van der Waals surface area contributed by atoms with Crippen molar-refractivity contribution in [3.63, 3.8) is 0 Å². The van der Waals surface area contributed by atoms with Gasteiger partial charge < -0.3 is 9.80 Å². The predicted octanol–water partition coefficient (Wildman–Crippen LogP) is 5.99. The van der Waals surface area contributed by atoms with Gasteiger partial charge in [0.05, 0.1) is 15.4 Å². The lowest BCUT2D eigenvalue weighted by molar-refractivity contribution is 0.649. The fraction of sp³-hybridized carbons (Fsp3) is 0.182. The molecule has 0 radical (unpaired) electrons. The predicted molar refractivity (Wildman–Crippen MR) is 124 cm³/mol. The van der Waals surface area contributed by atoms with Crippen LogP contribution in [0.2, 0.25) is 10.0 Å². The lowest BCUT2D eigenvalue weighted by atomic mass is 10.2. The van der Waals surface area contributed by atoms with Gasteiger partial charge in [0.15, 0.2) is 5.82 Å². The highest BCUT2D eigenvalue weighted by Crippen LogP contribution is 2.34. The summed E-state index contributed by atoms with van der Waals surface area (Å²) in [6.07, 6.45) is 0. The summed E-state index contributed by atoms with van der Waals surface area (Å²) < 4.78 is 0. The molecule has 1 saturated heterocycles. The van der Waals surface area contributed by atoms with Crippen molar-refractivity contribution in [1.29, 1.82) is 0 Å². The van der Waals surface area contributed by atoms with Gasteiger partial charge in [0, 0.05) is 42.3 Å². The van der Waals surface area contributed by atoms with E-state index in [9.17, 15) is 0 Å². The highest BCUT2D eigenvalue weighted by molar-refractivity contribution is 7.14. The summed E-state index contributed by atoms with van der Waals surface area (Å²) in [6.45, 7) is 3.58. The van der Waals surface area contributed by atoms with E-state index in [1.807, 2.05) is 47.8 Å². The zero-order valence-corrected chi connectivity index (χ0v) is 17.9. The van der Waals surface area contributed by atoms with Crippen molar-refractivity contribution in [2.75, 3.05) is 36.0 Å². The number of thiophene rings is 1. The van der Waals surface area contributed by atoms with Crippen LogP contribution in [-0.2, 0) is 0 Å². The molecule has 0 unspecified atom stereocenters. The van der Waals surface area contributed by atoms with Crippen LogP contribution in [-0.4, -0.2) is 36.1 Å². The largest absolute Gasteiger partial charge is 0.368 e. The van der Waals surface area contributed by atoms with E-state index >= 15 is 0 Å². The molecule has 2 aromatic heterocycles. The molecule has 0 aliphatic carbocycles. The van der Waals surface area contributed by atoms with Crippen LogP contribution in [0.3, 0.4) is 0 Å². The van der Waals surface area contributed by atoms with Gasteiger partial charge in [-0.3, -0.25) is 0 Å². The van der Waals surface area contributed by atoms with Gasteiger partial charge in [-0.15, -0.1) is 11.3 Å². The molecule has 0 spiro atoms. The molecular weight excluding hydrogens is 423 g/mol. The summed E-state index contributed by atoms with van der Waals surface area (Å²) in [5, 5.41) is 4.51. The van der Waals surface area contributed by atoms with E-state index in [0.717, 1.165) is 58.5 Å². The number of piperazine rings is 1. The molecule has 0 amide bonds. The van der Waals surface area contributed by atoms with Crippen LogP contribution in [0.1, 0.15) is 0 Å². The highest BCUT2D eigenvalue weighted by atomic mass is 35.5. The number of rotatable bonds is 3. The molecule has 4 aromatic rings. The molecule has 0 atom stereocenters. The van der Waals surface area contributed by atoms with Crippen molar-refractivity contribution in [1.82, 2.24) is 9.97 Å². The Morgan fingerprint density at radius 2 is 1.62 bits per heavy atom. The Kier molecular flexibility index (Phi) is 5.04. The van der Waals surface area contributed by atoms with Gasteiger partial charge in [-0.05, 0) is 41.8 Å².